The number of nitrogens with zero attached hydrogens (tertiary/aromatic N) is 3. The Balaban J connectivity index is 1.25. The minimum Gasteiger partial charge on any atom is -0.455 e. The summed E-state index contributed by atoms with van der Waals surface area (Å²) in [4.78, 5) is 15.0. The van der Waals surface area contributed by atoms with E-state index >= 15 is 0 Å². The first kappa shape index (κ1) is 27.0. The van der Waals surface area contributed by atoms with Gasteiger partial charge in [-0.3, -0.25) is 0 Å². The van der Waals surface area contributed by atoms with Gasteiger partial charge in [0.15, 0.2) is 17.5 Å². The van der Waals surface area contributed by atoms with Crippen molar-refractivity contribution in [3.05, 3.63) is 164 Å². The maximum Gasteiger partial charge on any atom is 0.164 e. The van der Waals surface area contributed by atoms with Crippen molar-refractivity contribution in [1.29, 1.82) is 0 Å². The Kier molecular flexibility index (Phi) is 6.43. The molecule has 4 heteroatoms. The zero-order chi connectivity index (χ0) is 31.2. The number of furan rings is 1. The van der Waals surface area contributed by atoms with E-state index in [0.29, 0.717) is 17.5 Å². The van der Waals surface area contributed by atoms with Crippen LogP contribution in [-0.4, -0.2) is 15.0 Å². The molecule has 0 fully saturated rings. The molecule has 0 amide bonds. The lowest BCUT2D eigenvalue weighted by Crippen LogP contribution is -2.00. The Bertz CT molecular complexity index is 2500. The molecule has 2 heterocycles. The molecule has 4 nitrogen and oxygen atoms in total. The van der Waals surface area contributed by atoms with Gasteiger partial charge in [-0.2, -0.15) is 0 Å². The third-order valence-corrected chi connectivity index (χ3v) is 8.76. The van der Waals surface area contributed by atoms with Gasteiger partial charge in [-0.1, -0.05) is 158 Å². The van der Waals surface area contributed by atoms with Gasteiger partial charge in [-0.15, -0.1) is 0 Å². The topological polar surface area (TPSA) is 51.8 Å². The Hall–Kier alpha value is -6.39. The van der Waals surface area contributed by atoms with Crippen LogP contribution in [0.15, 0.2) is 168 Å². The van der Waals surface area contributed by atoms with Crippen molar-refractivity contribution >= 4 is 32.7 Å². The van der Waals surface area contributed by atoms with E-state index in [-0.39, 0.29) is 0 Å². The van der Waals surface area contributed by atoms with Crippen molar-refractivity contribution < 1.29 is 4.42 Å². The molecule has 0 bridgehead atoms. The Morgan fingerprint density at radius 2 is 0.702 bits per heavy atom. The van der Waals surface area contributed by atoms with Crippen LogP contribution in [0.1, 0.15) is 0 Å². The van der Waals surface area contributed by atoms with Gasteiger partial charge in [0.25, 0.3) is 0 Å². The van der Waals surface area contributed by atoms with Crippen molar-refractivity contribution in [2.75, 3.05) is 0 Å². The van der Waals surface area contributed by atoms with E-state index in [2.05, 4.69) is 97.1 Å². The van der Waals surface area contributed by atoms with Crippen molar-refractivity contribution in [3.63, 3.8) is 0 Å². The van der Waals surface area contributed by atoms with Crippen LogP contribution in [-0.2, 0) is 0 Å². The lowest BCUT2D eigenvalue weighted by molar-refractivity contribution is 0.671. The second kappa shape index (κ2) is 11.2. The van der Waals surface area contributed by atoms with Crippen LogP contribution < -0.4 is 0 Å². The summed E-state index contributed by atoms with van der Waals surface area (Å²) in [6, 6.07) is 56.2. The number of aromatic nitrogens is 3. The average Bonchev–Trinajstić information content (AvgIpc) is 3.55. The van der Waals surface area contributed by atoms with Gasteiger partial charge in [-0.05, 0) is 28.0 Å². The van der Waals surface area contributed by atoms with Crippen LogP contribution in [0.4, 0.5) is 0 Å². The number of fused-ring (bicyclic) bond motifs is 4. The predicted octanol–water partition coefficient (Wildman–Crippen LogP) is 11.3. The zero-order valence-electron chi connectivity index (χ0n) is 25.3. The minimum atomic E-state index is 0.634. The summed E-state index contributed by atoms with van der Waals surface area (Å²) in [5.41, 5.74) is 8.97. The van der Waals surface area contributed by atoms with Gasteiger partial charge in [-0.25, -0.2) is 15.0 Å². The first-order chi connectivity index (χ1) is 23.3. The summed E-state index contributed by atoms with van der Waals surface area (Å²) in [6.07, 6.45) is 0. The lowest BCUT2D eigenvalue weighted by Gasteiger charge is -2.13. The number of rotatable bonds is 5. The molecule has 0 aliphatic carbocycles. The van der Waals surface area contributed by atoms with E-state index in [0.717, 1.165) is 71.7 Å². The van der Waals surface area contributed by atoms with E-state index < -0.39 is 0 Å². The van der Waals surface area contributed by atoms with Crippen molar-refractivity contribution in [2.45, 2.75) is 0 Å². The molecule has 0 saturated carbocycles. The highest BCUT2D eigenvalue weighted by molar-refractivity contribution is 6.15. The normalized spacial score (nSPS) is 11.4. The smallest absolute Gasteiger partial charge is 0.164 e. The summed E-state index contributed by atoms with van der Waals surface area (Å²) in [5.74, 6) is 1.92. The Morgan fingerprint density at radius 1 is 0.277 bits per heavy atom. The Morgan fingerprint density at radius 3 is 1.30 bits per heavy atom. The van der Waals surface area contributed by atoms with Gasteiger partial charge in [0.1, 0.15) is 11.2 Å². The summed E-state index contributed by atoms with van der Waals surface area (Å²) < 4.78 is 6.78. The van der Waals surface area contributed by atoms with Crippen LogP contribution in [0, 0.1) is 0 Å². The zero-order valence-corrected chi connectivity index (χ0v) is 25.3. The fraction of sp³-hybridized carbons (Fsp3) is 0. The standard InChI is InChI=1S/C43H27N3O/c1-4-14-28(15-5-1)31-22-12-24-36-37-25-13-23-35(40(37)47-39(31)36)34-26-27-38(33-21-11-10-20-32(33)34)43-45-41(29-16-6-2-7-17-29)44-42(46-43)30-18-8-3-9-19-30/h1-27H. The molecule has 220 valence electrons. The second-order valence-corrected chi connectivity index (χ2v) is 11.6. The first-order valence-corrected chi connectivity index (χ1v) is 15.7. The summed E-state index contributed by atoms with van der Waals surface area (Å²) >= 11 is 0. The van der Waals surface area contributed by atoms with E-state index in [9.17, 15) is 0 Å². The average molecular weight is 602 g/mol. The molecule has 0 spiro atoms. The number of hydrogen-bond acceptors (Lipinski definition) is 4. The quantitative estimate of drug-likeness (QED) is 0.197. The third-order valence-electron chi connectivity index (χ3n) is 8.76. The highest BCUT2D eigenvalue weighted by Gasteiger charge is 2.19. The van der Waals surface area contributed by atoms with Crippen LogP contribution in [0.5, 0.6) is 0 Å². The summed E-state index contributed by atoms with van der Waals surface area (Å²) in [6.45, 7) is 0. The van der Waals surface area contributed by atoms with Crippen molar-refractivity contribution in [1.82, 2.24) is 15.0 Å². The number of para-hydroxylation sites is 2. The fourth-order valence-corrected chi connectivity index (χ4v) is 6.54. The molecule has 0 saturated heterocycles. The highest BCUT2D eigenvalue weighted by atomic mass is 16.3. The molecule has 7 aromatic carbocycles. The third kappa shape index (κ3) is 4.66. The molecule has 0 radical (unpaired) electrons. The van der Waals surface area contributed by atoms with E-state index in [1.54, 1.807) is 0 Å². The van der Waals surface area contributed by atoms with Crippen LogP contribution in [0.2, 0.25) is 0 Å². The maximum absolute atomic E-state index is 6.78. The SMILES string of the molecule is c1ccc(-c2nc(-c3ccccc3)nc(-c3ccc(-c4cccc5c4oc4c(-c6ccccc6)cccc45)c4ccccc34)n2)cc1. The Labute approximate surface area is 271 Å². The van der Waals surface area contributed by atoms with Gasteiger partial charge in [0, 0.05) is 38.6 Å². The number of benzene rings is 7. The molecule has 0 atom stereocenters. The van der Waals surface area contributed by atoms with E-state index in [4.69, 9.17) is 19.4 Å². The molecule has 0 unspecified atom stereocenters. The largest absolute Gasteiger partial charge is 0.455 e. The van der Waals surface area contributed by atoms with Gasteiger partial charge >= 0.3 is 0 Å². The fourth-order valence-electron chi connectivity index (χ4n) is 6.54. The van der Waals surface area contributed by atoms with Crippen molar-refractivity contribution in [3.8, 4) is 56.4 Å². The molecule has 0 aliphatic heterocycles. The molecule has 0 aliphatic rings. The van der Waals surface area contributed by atoms with Crippen molar-refractivity contribution in [2.24, 2.45) is 0 Å². The van der Waals surface area contributed by atoms with Gasteiger partial charge in [0.2, 0.25) is 0 Å². The van der Waals surface area contributed by atoms with Gasteiger partial charge < -0.3 is 4.42 Å². The monoisotopic (exact) mass is 601 g/mol. The number of hydrogen-bond donors (Lipinski definition) is 0. The predicted molar refractivity (Wildman–Crippen MR) is 192 cm³/mol. The molecular weight excluding hydrogens is 574 g/mol. The molecular formula is C43H27N3O. The highest BCUT2D eigenvalue weighted by Crippen LogP contribution is 2.42. The maximum atomic E-state index is 6.78. The molecule has 2 aromatic heterocycles. The van der Waals surface area contributed by atoms with Crippen LogP contribution in [0.25, 0.3) is 89.1 Å². The van der Waals surface area contributed by atoms with Crippen LogP contribution >= 0.6 is 0 Å². The molecule has 9 aromatic rings. The minimum absolute atomic E-state index is 0.634. The summed E-state index contributed by atoms with van der Waals surface area (Å²) in [5, 5.41) is 4.37. The molecule has 47 heavy (non-hydrogen) atoms. The molecule has 0 N–H and O–H groups in total. The second-order valence-electron chi connectivity index (χ2n) is 11.6. The van der Waals surface area contributed by atoms with Gasteiger partial charge in [0.05, 0.1) is 0 Å². The summed E-state index contributed by atoms with van der Waals surface area (Å²) in [7, 11) is 0. The van der Waals surface area contributed by atoms with Crippen LogP contribution in [0.3, 0.4) is 0 Å². The molecule has 9 rings (SSSR count). The lowest BCUT2D eigenvalue weighted by atomic mass is 9.93. The first-order valence-electron chi connectivity index (χ1n) is 15.7. The van der Waals surface area contributed by atoms with E-state index in [1.807, 2.05) is 66.7 Å². The van der Waals surface area contributed by atoms with E-state index in [1.165, 1.54) is 0 Å².